The fourth-order valence-electron chi connectivity index (χ4n) is 3.53. The number of rotatable bonds is 5. The van der Waals surface area contributed by atoms with Crippen molar-refractivity contribution in [3.05, 3.63) is 108 Å². The molecule has 4 rings (SSSR count). The second-order valence-electron chi connectivity index (χ2n) is 6.60. The molecule has 1 unspecified atom stereocenters. The summed E-state index contributed by atoms with van der Waals surface area (Å²) in [5, 5.41) is 3.14. The monoisotopic (exact) mass is 384 g/mol. The molecule has 29 heavy (non-hydrogen) atoms. The number of amides is 1. The zero-order valence-corrected chi connectivity index (χ0v) is 15.9. The molecule has 0 radical (unpaired) electrons. The standard InChI is InChI=1S/C24H20N2O3/c1-29-24(28)20-21(25-18-13-7-3-8-14-18)23(27)26(19-15-9-4-10-16-19)22(20)17-11-5-2-6-12-17/h2-16,22,25H,1H3. The molecule has 0 bridgehead atoms. The molecule has 1 atom stereocenters. The zero-order valence-electron chi connectivity index (χ0n) is 15.9. The quantitative estimate of drug-likeness (QED) is 0.666. The predicted octanol–water partition coefficient (Wildman–Crippen LogP) is 4.31. The molecule has 3 aromatic carbocycles. The van der Waals surface area contributed by atoms with Crippen LogP contribution in [0, 0.1) is 0 Å². The minimum absolute atomic E-state index is 0.223. The van der Waals surface area contributed by atoms with Crippen molar-refractivity contribution < 1.29 is 14.3 Å². The second-order valence-corrected chi connectivity index (χ2v) is 6.60. The Morgan fingerprint density at radius 3 is 2.00 bits per heavy atom. The fourth-order valence-corrected chi connectivity index (χ4v) is 3.53. The van der Waals surface area contributed by atoms with E-state index in [2.05, 4.69) is 5.32 Å². The van der Waals surface area contributed by atoms with E-state index in [-0.39, 0.29) is 17.2 Å². The Morgan fingerprint density at radius 2 is 1.41 bits per heavy atom. The van der Waals surface area contributed by atoms with Gasteiger partial charge in [0.2, 0.25) is 0 Å². The summed E-state index contributed by atoms with van der Waals surface area (Å²) in [6.07, 6.45) is 0. The van der Waals surface area contributed by atoms with E-state index in [1.165, 1.54) is 7.11 Å². The van der Waals surface area contributed by atoms with Crippen molar-refractivity contribution in [1.29, 1.82) is 0 Å². The maximum atomic E-state index is 13.5. The lowest BCUT2D eigenvalue weighted by molar-refractivity contribution is -0.136. The molecule has 5 heteroatoms. The smallest absolute Gasteiger partial charge is 0.338 e. The number of nitrogens with one attached hydrogen (secondary N) is 1. The van der Waals surface area contributed by atoms with Crippen LogP contribution in [0.15, 0.2) is 102 Å². The van der Waals surface area contributed by atoms with Crippen LogP contribution in [0.2, 0.25) is 0 Å². The number of nitrogens with zero attached hydrogens (tertiary/aromatic N) is 1. The highest BCUT2D eigenvalue weighted by Crippen LogP contribution is 2.41. The molecule has 144 valence electrons. The van der Waals surface area contributed by atoms with Gasteiger partial charge in [0.1, 0.15) is 5.70 Å². The van der Waals surface area contributed by atoms with Crippen LogP contribution in [0.3, 0.4) is 0 Å². The third kappa shape index (κ3) is 3.50. The molecular weight excluding hydrogens is 364 g/mol. The van der Waals surface area contributed by atoms with Crippen molar-refractivity contribution in [3.63, 3.8) is 0 Å². The number of carbonyl (C=O) groups is 2. The SMILES string of the molecule is COC(=O)C1=C(Nc2ccccc2)C(=O)N(c2ccccc2)C1c1ccccc1. The third-order valence-electron chi connectivity index (χ3n) is 4.83. The molecule has 1 aliphatic rings. The van der Waals surface area contributed by atoms with Crippen molar-refractivity contribution in [1.82, 2.24) is 0 Å². The van der Waals surface area contributed by atoms with Crippen molar-refractivity contribution >= 4 is 23.3 Å². The molecule has 0 fully saturated rings. The van der Waals surface area contributed by atoms with Gasteiger partial charge < -0.3 is 10.1 Å². The summed E-state index contributed by atoms with van der Waals surface area (Å²) in [6, 6.07) is 27.5. The van der Waals surface area contributed by atoms with Gasteiger partial charge in [0.05, 0.1) is 18.7 Å². The molecule has 1 heterocycles. The van der Waals surface area contributed by atoms with E-state index < -0.39 is 12.0 Å². The Bertz CT molecular complexity index is 1050. The molecule has 1 aliphatic heterocycles. The Morgan fingerprint density at radius 1 is 0.862 bits per heavy atom. The van der Waals surface area contributed by atoms with E-state index in [9.17, 15) is 9.59 Å². The van der Waals surface area contributed by atoms with Crippen LogP contribution in [0.1, 0.15) is 11.6 Å². The van der Waals surface area contributed by atoms with Crippen molar-refractivity contribution in [3.8, 4) is 0 Å². The first-order valence-electron chi connectivity index (χ1n) is 9.29. The lowest BCUT2D eigenvalue weighted by atomic mass is 9.98. The normalized spacial score (nSPS) is 16.1. The Kier molecular flexibility index (Phi) is 5.12. The first-order valence-corrected chi connectivity index (χ1v) is 9.29. The summed E-state index contributed by atoms with van der Waals surface area (Å²) in [5.41, 5.74) is 2.77. The minimum atomic E-state index is -0.593. The number of benzene rings is 3. The lowest BCUT2D eigenvalue weighted by Crippen LogP contribution is -2.31. The highest BCUT2D eigenvalue weighted by molar-refractivity contribution is 6.17. The number of hydrogen-bond acceptors (Lipinski definition) is 4. The van der Waals surface area contributed by atoms with Gasteiger partial charge in [0.15, 0.2) is 0 Å². The topological polar surface area (TPSA) is 58.6 Å². The van der Waals surface area contributed by atoms with Crippen LogP contribution in [0.5, 0.6) is 0 Å². The minimum Gasteiger partial charge on any atom is -0.466 e. The van der Waals surface area contributed by atoms with Gasteiger partial charge in [-0.25, -0.2) is 4.79 Å². The van der Waals surface area contributed by atoms with Gasteiger partial charge in [-0.15, -0.1) is 0 Å². The predicted molar refractivity (Wildman–Crippen MR) is 112 cm³/mol. The van der Waals surface area contributed by atoms with E-state index >= 15 is 0 Å². The van der Waals surface area contributed by atoms with E-state index in [4.69, 9.17) is 4.74 Å². The number of esters is 1. The van der Waals surface area contributed by atoms with Crippen LogP contribution in [-0.4, -0.2) is 19.0 Å². The molecule has 1 N–H and O–H groups in total. The molecule has 0 saturated carbocycles. The van der Waals surface area contributed by atoms with Gasteiger partial charge >= 0.3 is 5.97 Å². The number of para-hydroxylation sites is 2. The van der Waals surface area contributed by atoms with Gasteiger partial charge in [-0.2, -0.15) is 0 Å². The summed E-state index contributed by atoms with van der Waals surface area (Å²) in [6.45, 7) is 0. The molecule has 5 nitrogen and oxygen atoms in total. The molecule has 0 aliphatic carbocycles. The maximum absolute atomic E-state index is 13.5. The van der Waals surface area contributed by atoms with Gasteiger partial charge in [0.25, 0.3) is 5.91 Å². The van der Waals surface area contributed by atoms with Crippen LogP contribution in [0.25, 0.3) is 0 Å². The van der Waals surface area contributed by atoms with Crippen LogP contribution in [-0.2, 0) is 14.3 Å². The largest absolute Gasteiger partial charge is 0.466 e. The summed E-state index contributed by atoms with van der Waals surface area (Å²) >= 11 is 0. The van der Waals surface area contributed by atoms with Gasteiger partial charge in [0, 0.05) is 11.4 Å². The average Bonchev–Trinajstić information content (AvgIpc) is 3.07. The Labute approximate surface area is 169 Å². The number of anilines is 2. The van der Waals surface area contributed by atoms with Crippen molar-refractivity contribution in [2.75, 3.05) is 17.3 Å². The van der Waals surface area contributed by atoms with Gasteiger partial charge in [-0.1, -0.05) is 66.7 Å². The van der Waals surface area contributed by atoms with E-state index in [1.54, 1.807) is 4.90 Å². The number of methoxy groups -OCH3 is 1. The third-order valence-corrected chi connectivity index (χ3v) is 4.83. The van der Waals surface area contributed by atoms with Crippen LogP contribution >= 0.6 is 0 Å². The summed E-state index contributed by atoms with van der Waals surface area (Å²) in [7, 11) is 1.33. The van der Waals surface area contributed by atoms with Crippen LogP contribution in [0.4, 0.5) is 11.4 Å². The Hall–Kier alpha value is -3.86. The van der Waals surface area contributed by atoms with E-state index in [0.717, 1.165) is 11.3 Å². The molecule has 1 amide bonds. The lowest BCUT2D eigenvalue weighted by Gasteiger charge is -2.26. The molecule has 3 aromatic rings. The van der Waals surface area contributed by atoms with E-state index in [0.29, 0.717) is 5.69 Å². The van der Waals surface area contributed by atoms with E-state index in [1.807, 2.05) is 91.0 Å². The Balaban J connectivity index is 1.89. The first kappa shape index (κ1) is 18.5. The molecule has 0 spiro atoms. The molecule has 0 saturated heterocycles. The fraction of sp³-hybridized carbons (Fsp3) is 0.0833. The maximum Gasteiger partial charge on any atom is 0.338 e. The average molecular weight is 384 g/mol. The van der Waals surface area contributed by atoms with Crippen LogP contribution < -0.4 is 10.2 Å². The second kappa shape index (κ2) is 8.02. The highest BCUT2D eigenvalue weighted by atomic mass is 16.5. The highest BCUT2D eigenvalue weighted by Gasteiger charge is 2.44. The summed E-state index contributed by atoms with van der Waals surface area (Å²) in [4.78, 5) is 28.0. The molecular formula is C24H20N2O3. The summed E-state index contributed by atoms with van der Waals surface area (Å²) < 4.78 is 5.07. The van der Waals surface area contributed by atoms with Crippen molar-refractivity contribution in [2.24, 2.45) is 0 Å². The number of hydrogen-bond donors (Lipinski definition) is 1. The molecule has 0 aromatic heterocycles. The number of ether oxygens (including phenoxy) is 1. The first-order chi connectivity index (χ1) is 14.2. The summed E-state index contributed by atoms with van der Waals surface area (Å²) in [5.74, 6) is -0.821. The zero-order chi connectivity index (χ0) is 20.2. The van der Waals surface area contributed by atoms with Gasteiger partial charge in [-0.05, 0) is 29.8 Å². The van der Waals surface area contributed by atoms with Gasteiger partial charge in [-0.3, -0.25) is 9.69 Å². The number of carbonyl (C=O) groups excluding carboxylic acids is 2. The van der Waals surface area contributed by atoms with Crippen molar-refractivity contribution in [2.45, 2.75) is 6.04 Å².